The molecular formula is C26H24BrN3O6. The van der Waals surface area contributed by atoms with E-state index in [1.165, 1.54) is 0 Å². The molecule has 1 aliphatic rings. The van der Waals surface area contributed by atoms with Crippen molar-refractivity contribution in [2.24, 2.45) is 0 Å². The van der Waals surface area contributed by atoms with Crippen LogP contribution in [0.4, 0.5) is 4.79 Å². The molecule has 10 heteroatoms. The van der Waals surface area contributed by atoms with E-state index in [4.69, 9.17) is 19.2 Å². The van der Waals surface area contributed by atoms with Gasteiger partial charge in [0.05, 0.1) is 47.8 Å². The number of nitrogens with zero attached hydrogens (tertiary/aromatic N) is 1. The molecule has 2 heterocycles. The van der Waals surface area contributed by atoms with Gasteiger partial charge in [-0.1, -0.05) is 15.9 Å². The van der Waals surface area contributed by atoms with Crippen molar-refractivity contribution >= 4 is 44.8 Å². The lowest BCUT2D eigenvalue weighted by molar-refractivity contribution is -0.139. The number of rotatable bonds is 7. The summed E-state index contributed by atoms with van der Waals surface area (Å²) in [5.41, 5.74) is 2.64. The number of urea groups is 1. The van der Waals surface area contributed by atoms with Crippen LogP contribution in [0.1, 0.15) is 24.2 Å². The molecule has 9 nitrogen and oxygen atoms in total. The van der Waals surface area contributed by atoms with Crippen LogP contribution in [0.25, 0.3) is 22.2 Å². The van der Waals surface area contributed by atoms with E-state index in [1.54, 1.807) is 39.2 Å². The van der Waals surface area contributed by atoms with Crippen molar-refractivity contribution < 1.29 is 28.6 Å². The van der Waals surface area contributed by atoms with Crippen LogP contribution in [-0.4, -0.2) is 49.3 Å². The quantitative estimate of drug-likeness (QED) is 0.418. The van der Waals surface area contributed by atoms with Gasteiger partial charge in [-0.05, 0) is 62.4 Å². The Morgan fingerprint density at radius 2 is 1.81 bits per heavy atom. The summed E-state index contributed by atoms with van der Waals surface area (Å²) in [7, 11) is 1.59. The van der Waals surface area contributed by atoms with E-state index in [2.05, 4.69) is 26.6 Å². The Morgan fingerprint density at radius 3 is 2.50 bits per heavy atom. The largest absolute Gasteiger partial charge is 0.497 e. The van der Waals surface area contributed by atoms with E-state index in [1.807, 2.05) is 30.3 Å². The number of benzene rings is 2. The maximum absolute atomic E-state index is 13.3. The summed E-state index contributed by atoms with van der Waals surface area (Å²) in [6.45, 7) is 3.19. The third-order valence-corrected chi connectivity index (χ3v) is 6.08. The Bertz CT molecular complexity index is 1370. The molecule has 2 N–H and O–H groups in total. The average Bonchev–Trinajstić information content (AvgIpc) is 2.86. The highest BCUT2D eigenvalue weighted by Gasteiger charge is 2.30. The molecule has 1 aliphatic heterocycles. The van der Waals surface area contributed by atoms with Crippen molar-refractivity contribution in [2.45, 2.75) is 19.9 Å². The predicted octanol–water partition coefficient (Wildman–Crippen LogP) is 4.35. The van der Waals surface area contributed by atoms with Crippen LogP contribution in [0.5, 0.6) is 5.75 Å². The van der Waals surface area contributed by atoms with Crippen molar-refractivity contribution in [3.63, 3.8) is 0 Å². The van der Waals surface area contributed by atoms with Gasteiger partial charge in [0.2, 0.25) is 0 Å². The van der Waals surface area contributed by atoms with Gasteiger partial charge in [0.25, 0.3) is 0 Å². The molecule has 0 fully saturated rings. The second-order valence-electron chi connectivity index (χ2n) is 7.95. The van der Waals surface area contributed by atoms with Crippen LogP contribution in [0, 0.1) is 0 Å². The highest BCUT2D eigenvalue weighted by Crippen LogP contribution is 2.29. The fourth-order valence-electron chi connectivity index (χ4n) is 3.89. The van der Waals surface area contributed by atoms with Gasteiger partial charge in [0.15, 0.2) is 0 Å². The topological polar surface area (TPSA) is 116 Å². The number of halogens is 1. The third-order valence-electron chi connectivity index (χ3n) is 5.59. The molecule has 0 aliphatic carbocycles. The van der Waals surface area contributed by atoms with Crippen molar-refractivity contribution in [1.29, 1.82) is 0 Å². The van der Waals surface area contributed by atoms with Gasteiger partial charge in [-0.25, -0.2) is 19.4 Å². The predicted molar refractivity (Wildman–Crippen MR) is 137 cm³/mol. The maximum Gasteiger partial charge on any atom is 0.339 e. The van der Waals surface area contributed by atoms with E-state index in [-0.39, 0.29) is 24.5 Å². The van der Waals surface area contributed by atoms with Crippen molar-refractivity contribution in [3.05, 3.63) is 69.8 Å². The number of amides is 2. The molecule has 0 radical (unpaired) electrons. The summed E-state index contributed by atoms with van der Waals surface area (Å²) in [6, 6.07) is 13.3. The fourth-order valence-corrected chi connectivity index (χ4v) is 4.25. The average molecular weight is 554 g/mol. The lowest BCUT2D eigenvalue weighted by Crippen LogP contribution is -2.50. The van der Waals surface area contributed by atoms with Crippen LogP contribution in [-0.2, 0) is 14.3 Å². The molecule has 2 aromatic carbocycles. The Morgan fingerprint density at radius 1 is 1.06 bits per heavy atom. The van der Waals surface area contributed by atoms with Gasteiger partial charge in [0, 0.05) is 15.4 Å². The standard InChI is InChI=1S/C26H24BrN3O6/c1-4-35-25(32)23-14(2)28-26(33)30-22(23)13-36-24(31)19-12-21(15-5-8-17(34-3)9-6-15)29-20-10-7-16(27)11-18(19)20/h5-12,14H,4,13H2,1-3H3,(H2,28,30,33)/t14-/m0/s1. The SMILES string of the molecule is CCOC(=O)C1=C(COC(=O)c2cc(-c3ccc(OC)cc3)nc3ccc(Br)cc23)NC(=O)N[C@H]1C. The number of carbonyl (C=O) groups is 3. The maximum atomic E-state index is 13.3. The first-order valence-electron chi connectivity index (χ1n) is 11.2. The molecule has 0 saturated carbocycles. The zero-order valence-corrected chi connectivity index (χ0v) is 21.5. The highest BCUT2D eigenvalue weighted by molar-refractivity contribution is 9.10. The number of methoxy groups -OCH3 is 1. The summed E-state index contributed by atoms with van der Waals surface area (Å²) in [5.74, 6) is -0.526. The molecule has 0 bridgehead atoms. The number of carbonyl (C=O) groups excluding carboxylic acids is 3. The van der Waals surface area contributed by atoms with Crippen LogP contribution in [0.15, 0.2) is 64.3 Å². The summed E-state index contributed by atoms with van der Waals surface area (Å²) >= 11 is 3.44. The van der Waals surface area contributed by atoms with Gasteiger partial charge < -0.3 is 24.8 Å². The first kappa shape index (κ1) is 25.2. The van der Waals surface area contributed by atoms with Crippen molar-refractivity contribution in [2.75, 3.05) is 20.3 Å². The molecule has 3 aromatic rings. The first-order valence-corrected chi connectivity index (χ1v) is 12.0. The monoisotopic (exact) mass is 553 g/mol. The number of ether oxygens (including phenoxy) is 3. The minimum atomic E-state index is -0.633. The number of hydrogen-bond donors (Lipinski definition) is 2. The number of fused-ring (bicyclic) bond motifs is 1. The Labute approximate surface area is 216 Å². The van der Waals surface area contributed by atoms with Gasteiger partial charge in [-0.2, -0.15) is 0 Å². The molecule has 2 amide bonds. The van der Waals surface area contributed by atoms with Crippen LogP contribution in [0.2, 0.25) is 0 Å². The number of esters is 2. The van der Waals surface area contributed by atoms with Gasteiger partial charge in [-0.15, -0.1) is 0 Å². The lowest BCUT2D eigenvalue weighted by Gasteiger charge is -2.26. The number of nitrogens with one attached hydrogen (secondary N) is 2. The highest BCUT2D eigenvalue weighted by atomic mass is 79.9. The summed E-state index contributed by atoms with van der Waals surface area (Å²) < 4.78 is 16.7. The summed E-state index contributed by atoms with van der Waals surface area (Å²) in [5, 5.41) is 5.76. The minimum absolute atomic E-state index is 0.169. The zero-order valence-electron chi connectivity index (χ0n) is 19.9. The van der Waals surface area contributed by atoms with Crippen LogP contribution < -0.4 is 15.4 Å². The van der Waals surface area contributed by atoms with E-state index in [0.29, 0.717) is 27.9 Å². The van der Waals surface area contributed by atoms with E-state index in [0.717, 1.165) is 10.0 Å². The Hall–Kier alpha value is -3.92. The number of hydrogen-bond acceptors (Lipinski definition) is 7. The smallest absolute Gasteiger partial charge is 0.339 e. The normalized spacial score (nSPS) is 15.2. The molecular weight excluding hydrogens is 530 g/mol. The fraction of sp³-hybridized carbons (Fsp3) is 0.231. The van der Waals surface area contributed by atoms with Crippen LogP contribution in [0.3, 0.4) is 0 Å². The first-order chi connectivity index (χ1) is 17.3. The Balaban J connectivity index is 1.69. The Kier molecular flexibility index (Phi) is 7.54. The van der Waals surface area contributed by atoms with Gasteiger partial charge in [-0.3, -0.25) is 0 Å². The third kappa shape index (κ3) is 5.33. The summed E-state index contributed by atoms with van der Waals surface area (Å²) in [6.07, 6.45) is 0. The molecule has 0 saturated heterocycles. The zero-order chi connectivity index (χ0) is 25.8. The van der Waals surface area contributed by atoms with Crippen molar-refractivity contribution in [3.8, 4) is 17.0 Å². The molecule has 1 aromatic heterocycles. The number of pyridine rings is 1. The number of aromatic nitrogens is 1. The van der Waals surface area contributed by atoms with E-state index in [9.17, 15) is 14.4 Å². The molecule has 1 atom stereocenters. The lowest BCUT2D eigenvalue weighted by atomic mass is 10.0. The van der Waals surface area contributed by atoms with Gasteiger partial charge in [0.1, 0.15) is 12.4 Å². The van der Waals surface area contributed by atoms with E-state index < -0.39 is 24.0 Å². The second kappa shape index (κ2) is 10.8. The molecule has 36 heavy (non-hydrogen) atoms. The summed E-state index contributed by atoms with van der Waals surface area (Å²) in [4.78, 5) is 42.5. The molecule has 0 spiro atoms. The van der Waals surface area contributed by atoms with Gasteiger partial charge >= 0.3 is 18.0 Å². The van der Waals surface area contributed by atoms with Crippen LogP contribution >= 0.6 is 15.9 Å². The minimum Gasteiger partial charge on any atom is -0.497 e. The molecule has 0 unspecified atom stereocenters. The van der Waals surface area contributed by atoms with Crippen molar-refractivity contribution in [1.82, 2.24) is 15.6 Å². The van der Waals surface area contributed by atoms with E-state index >= 15 is 0 Å². The second-order valence-corrected chi connectivity index (χ2v) is 8.87. The molecule has 186 valence electrons. The molecule has 4 rings (SSSR count).